The highest BCUT2D eigenvalue weighted by Gasteiger charge is 2.25. The number of fused-ring (bicyclic) bond motifs is 1. The SMILES string of the molecule is COCc1cc(C(=O)Nc2cccc(-c3cccc(NC(=O)c4nc5c(n4C)CCN(C)C5)c3Cl)c2C)ncc1CNCC(F)F. The number of carbonyl (C=O) groups excluding carboxylic acids is 2. The summed E-state index contributed by atoms with van der Waals surface area (Å²) in [6.45, 7) is 3.36. The van der Waals surface area contributed by atoms with Gasteiger partial charge in [0.15, 0.2) is 5.82 Å². The van der Waals surface area contributed by atoms with Gasteiger partial charge in [0.2, 0.25) is 0 Å². The fourth-order valence-electron chi connectivity index (χ4n) is 5.54. The van der Waals surface area contributed by atoms with E-state index in [1.807, 2.05) is 37.7 Å². The third-order valence-corrected chi connectivity index (χ3v) is 8.41. The zero-order valence-corrected chi connectivity index (χ0v) is 26.8. The summed E-state index contributed by atoms with van der Waals surface area (Å²) in [5.74, 6) is -0.476. The van der Waals surface area contributed by atoms with Gasteiger partial charge in [-0.15, -0.1) is 0 Å². The van der Waals surface area contributed by atoms with Crippen LogP contribution in [-0.4, -0.2) is 64.9 Å². The molecule has 0 fully saturated rings. The lowest BCUT2D eigenvalue weighted by Crippen LogP contribution is -2.27. The molecule has 0 spiro atoms. The van der Waals surface area contributed by atoms with Gasteiger partial charge >= 0.3 is 0 Å². The van der Waals surface area contributed by atoms with Crippen LogP contribution in [0.5, 0.6) is 0 Å². The van der Waals surface area contributed by atoms with Crippen molar-refractivity contribution in [2.45, 2.75) is 39.5 Å². The Balaban J connectivity index is 1.35. The Kier molecular flexibility index (Phi) is 10.4. The molecule has 0 radical (unpaired) electrons. The van der Waals surface area contributed by atoms with E-state index in [0.29, 0.717) is 45.5 Å². The molecule has 13 heteroatoms. The molecule has 5 rings (SSSR count). The number of rotatable bonds is 11. The van der Waals surface area contributed by atoms with Crippen molar-refractivity contribution in [3.8, 4) is 11.1 Å². The quantitative estimate of drug-likeness (QED) is 0.198. The minimum absolute atomic E-state index is 0.153. The number of pyridine rings is 1. The van der Waals surface area contributed by atoms with Crippen molar-refractivity contribution in [2.24, 2.45) is 7.05 Å². The Labute approximate surface area is 271 Å². The highest BCUT2D eigenvalue weighted by Crippen LogP contribution is 2.37. The highest BCUT2D eigenvalue weighted by atomic mass is 35.5. The van der Waals surface area contributed by atoms with E-state index < -0.39 is 18.9 Å². The third-order valence-electron chi connectivity index (χ3n) is 8.00. The molecular formula is C33H36ClF2N7O3. The molecule has 0 atom stereocenters. The van der Waals surface area contributed by atoms with E-state index in [-0.39, 0.29) is 24.8 Å². The maximum absolute atomic E-state index is 13.3. The Morgan fingerprint density at radius 2 is 1.76 bits per heavy atom. The normalized spacial score (nSPS) is 13.1. The molecule has 0 unspecified atom stereocenters. The summed E-state index contributed by atoms with van der Waals surface area (Å²) >= 11 is 6.87. The number of carbonyl (C=O) groups is 2. The summed E-state index contributed by atoms with van der Waals surface area (Å²) in [4.78, 5) is 37.6. The molecule has 3 N–H and O–H groups in total. The molecule has 10 nitrogen and oxygen atoms in total. The first kappa shape index (κ1) is 33.1. The third kappa shape index (κ3) is 7.26. The molecule has 46 heavy (non-hydrogen) atoms. The number of amides is 2. The lowest BCUT2D eigenvalue weighted by Gasteiger charge is -2.21. The average molecular weight is 652 g/mol. The maximum Gasteiger partial charge on any atom is 0.291 e. The molecule has 1 aliphatic rings. The minimum atomic E-state index is -2.47. The number of ether oxygens (including phenoxy) is 1. The van der Waals surface area contributed by atoms with E-state index in [2.05, 4.69) is 30.8 Å². The first-order valence-electron chi connectivity index (χ1n) is 14.8. The highest BCUT2D eigenvalue weighted by molar-refractivity contribution is 6.36. The number of nitrogens with one attached hydrogen (secondary N) is 3. The van der Waals surface area contributed by atoms with Crippen molar-refractivity contribution in [2.75, 3.05) is 37.9 Å². The van der Waals surface area contributed by atoms with Crippen LogP contribution in [0.2, 0.25) is 5.02 Å². The summed E-state index contributed by atoms with van der Waals surface area (Å²) in [6.07, 6.45) is -0.163. The van der Waals surface area contributed by atoms with Crippen LogP contribution in [0, 0.1) is 6.92 Å². The number of halogens is 3. The van der Waals surface area contributed by atoms with Gasteiger partial charge in [-0.25, -0.2) is 13.8 Å². The van der Waals surface area contributed by atoms with Crippen molar-refractivity contribution in [3.05, 3.63) is 93.3 Å². The van der Waals surface area contributed by atoms with Gasteiger partial charge < -0.3 is 30.2 Å². The van der Waals surface area contributed by atoms with Crippen LogP contribution in [0.15, 0.2) is 48.7 Å². The van der Waals surface area contributed by atoms with Crippen LogP contribution >= 0.6 is 11.6 Å². The largest absolute Gasteiger partial charge is 0.380 e. The van der Waals surface area contributed by atoms with Crippen molar-refractivity contribution in [1.82, 2.24) is 24.8 Å². The molecule has 0 aliphatic carbocycles. The number of hydrogen-bond acceptors (Lipinski definition) is 7. The number of benzene rings is 2. The van der Waals surface area contributed by atoms with Gasteiger partial charge in [0, 0.05) is 63.4 Å². The zero-order chi connectivity index (χ0) is 33.0. The molecule has 0 bridgehead atoms. The Morgan fingerprint density at radius 1 is 1.04 bits per heavy atom. The number of anilines is 2. The standard InChI is InChI=1S/C33H36ClF2N7O3/c1-19-22(7-5-9-24(19)40-32(44)26-13-20(18-46-4)21(15-38-26)14-37-16-29(35)36)23-8-6-10-25(30(23)34)41-33(45)31-39-27-17-42(2)12-11-28(27)43(31)3/h5-10,13,15,29,37H,11-12,14,16-18H2,1-4H3,(H,40,44)(H,41,45). The summed E-state index contributed by atoms with van der Waals surface area (Å²) in [7, 11) is 5.39. The van der Waals surface area contributed by atoms with Crippen LogP contribution < -0.4 is 16.0 Å². The van der Waals surface area contributed by atoms with Crippen LogP contribution in [0.1, 0.15) is 49.2 Å². The summed E-state index contributed by atoms with van der Waals surface area (Å²) < 4.78 is 32.2. The van der Waals surface area contributed by atoms with Gasteiger partial charge in [0.25, 0.3) is 18.2 Å². The lowest BCUT2D eigenvalue weighted by molar-refractivity contribution is 0.100. The van der Waals surface area contributed by atoms with Crippen LogP contribution in [0.4, 0.5) is 20.2 Å². The van der Waals surface area contributed by atoms with Crippen molar-refractivity contribution in [3.63, 3.8) is 0 Å². The second-order valence-electron chi connectivity index (χ2n) is 11.2. The number of methoxy groups -OCH3 is 1. The Hall–Kier alpha value is -4.23. The van der Waals surface area contributed by atoms with Gasteiger partial charge in [-0.3, -0.25) is 14.6 Å². The first-order chi connectivity index (χ1) is 22.1. The van der Waals surface area contributed by atoms with Crippen molar-refractivity contribution >= 4 is 34.8 Å². The van der Waals surface area contributed by atoms with E-state index in [9.17, 15) is 18.4 Å². The van der Waals surface area contributed by atoms with E-state index in [1.165, 1.54) is 13.3 Å². The number of likely N-dealkylation sites (N-methyl/N-ethyl adjacent to an activating group) is 1. The Morgan fingerprint density at radius 3 is 2.50 bits per heavy atom. The zero-order valence-electron chi connectivity index (χ0n) is 26.1. The monoisotopic (exact) mass is 651 g/mol. The second kappa shape index (κ2) is 14.5. The maximum atomic E-state index is 13.3. The number of aromatic nitrogens is 3. The molecule has 4 aromatic rings. The molecular weight excluding hydrogens is 616 g/mol. The smallest absolute Gasteiger partial charge is 0.291 e. The molecule has 0 saturated carbocycles. The molecule has 0 saturated heterocycles. The topological polar surface area (TPSA) is 113 Å². The molecule has 242 valence electrons. The van der Waals surface area contributed by atoms with Gasteiger partial charge in [-0.05, 0) is 54.4 Å². The van der Waals surface area contributed by atoms with Crippen LogP contribution in [0.3, 0.4) is 0 Å². The van der Waals surface area contributed by atoms with Crippen molar-refractivity contribution < 1.29 is 23.1 Å². The fourth-order valence-corrected chi connectivity index (χ4v) is 5.82. The second-order valence-corrected chi connectivity index (χ2v) is 11.6. The van der Waals surface area contributed by atoms with E-state index >= 15 is 0 Å². The van der Waals surface area contributed by atoms with Crippen LogP contribution in [0.25, 0.3) is 11.1 Å². The minimum Gasteiger partial charge on any atom is -0.380 e. The fraction of sp³-hybridized carbons (Fsp3) is 0.333. The lowest BCUT2D eigenvalue weighted by atomic mass is 9.98. The van der Waals surface area contributed by atoms with Gasteiger partial charge in [-0.1, -0.05) is 35.9 Å². The number of imidazole rings is 1. The summed E-state index contributed by atoms with van der Waals surface area (Å²) in [5, 5.41) is 8.87. The predicted molar refractivity (Wildman–Crippen MR) is 173 cm³/mol. The number of alkyl halides is 2. The first-order valence-corrected chi connectivity index (χ1v) is 15.1. The van der Waals surface area contributed by atoms with Gasteiger partial charge in [0.1, 0.15) is 5.69 Å². The molecule has 2 aromatic carbocycles. The van der Waals surface area contributed by atoms with Gasteiger partial charge in [0.05, 0.1) is 29.6 Å². The average Bonchev–Trinajstić information content (AvgIpc) is 3.35. The van der Waals surface area contributed by atoms with Gasteiger partial charge in [-0.2, -0.15) is 0 Å². The Bertz CT molecular complexity index is 1760. The summed E-state index contributed by atoms with van der Waals surface area (Å²) in [6, 6.07) is 12.4. The molecule has 3 heterocycles. The number of hydrogen-bond donors (Lipinski definition) is 3. The van der Waals surface area contributed by atoms with Crippen molar-refractivity contribution in [1.29, 1.82) is 0 Å². The predicted octanol–water partition coefficient (Wildman–Crippen LogP) is 5.44. The molecule has 2 aromatic heterocycles. The molecule has 1 aliphatic heterocycles. The van der Waals surface area contributed by atoms with E-state index in [0.717, 1.165) is 35.5 Å². The summed E-state index contributed by atoms with van der Waals surface area (Å²) in [5.41, 5.74) is 6.62. The van der Waals surface area contributed by atoms with E-state index in [1.54, 1.807) is 30.3 Å². The van der Waals surface area contributed by atoms with Crippen LogP contribution in [-0.2, 0) is 37.9 Å². The van der Waals surface area contributed by atoms with E-state index in [4.69, 9.17) is 16.3 Å². The number of nitrogens with zero attached hydrogens (tertiary/aromatic N) is 4. The molecule has 2 amide bonds.